The molecule has 0 aliphatic heterocycles. The van der Waals surface area contributed by atoms with E-state index in [1.807, 2.05) is 19.1 Å². The Morgan fingerprint density at radius 1 is 0.750 bits per heavy atom. The highest BCUT2D eigenvalue weighted by Crippen LogP contribution is 2.21. The molecule has 124 valence electrons. The highest BCUT2D eigenvalue weighted by atomic mass is 79.9. The van der Waals surface area contributed by atoms with E-state index in [1.165, 1.54) is 6.07 Å². The Labute approximate surface area is 143 Å². The molecular formula is C16H15BrN4O3. The summed E-state index contributed by atoms with van der Waals surface area (Å²) in [4.78, 5) is 32.2. The van der Waals surface area contributed by atoms with Crippen molar-refractivity contribution in [3.8, 4) is 5.75 Å². The fourth-order valence-corrected chi connectivity index (χ4v) is 2.69. The first kappa shape index (κ1) is 16.1. The Morgan fingerprint density at radius 2 is 1.17 bits per heavy atom. The number of hydrogen-bond donors (Lipinski definition) is 5. The first-order valence-electron chi connectivity index (χ1n) is 7.13. The largest absolute Gasteiger partial charge is 0.508 e. The number of fused-ring (bicyclic) bond motifs is 2. The number of aromatic amines is 4. The first-order valence-corrected chi connectivity index (χ1v) is 7.92. The zero-order valence-corrected chi connectivity index (χ0v) is 14.5. The number of nitrogens with one attached hydrogen (secondary N) is 4. The summed E-state index contributed by atoms with van der Waals surface area (Å²) in [5, 5.41) is 9.29. The summed E-state index contributed by atoms with van der Waals surface area (Å²) in [7, 11) is 0. The van der Waals surface area contributed by atoms with Gasteiger partial charge >= 0.3 is 11.4 Å². The van der Waals surface area contributed by atoms with E-state index in [4.69, 9.17) is 0 Å². The van der Waals surface area contributed by atoms with Gasteiger partial charge in [0.05, 0.1) is 22.1 Å². The molecule has 4 rings (SSSR count). The van der Waals surface area contributed by atoms with Gasteiger partial charge in [0.25, 0.3) is 0 Å². The Bertz CT molecular complexity index is 974. The van der Waals surface area contributed by atoms with Crippen molar-refractivity contribution in [1.82, 2.24) is 19.9 Å². The SMILES string of the molecule is Cc1cc2[nH]c(=O)[nH]c2cc1Br.Cc1cc2[nH]c(=O)[nH]c2cc1O. The molecule has 2 heterocycles. The van der Waals surface area contributed by atoms with Crippen LogP contribution in [-0.2, 0) is 0 Å². The van der Waals surface area contributed by atoms with Gasteiger partial charge in [-0.3, -0.25) is 0 Å². The third-order valence-electron chi connectivity index (χ3n) is 3.63. The van der Waals surface area contributed by atoms with Crippen LogP contribution in [0.1, 0.15) is 11.1 Å². The molecule has 5 N–H and O–H groups in total. The molecule has 24 heavy (non-hydrogen) atoms. The van der Waals surface area contributed by atoms with E-state index >= 15 is 0 Å². The minimum absolute atomic E-state index is 0.164. The van der Waals surface area contributed by atoms with Crippen LogP contribution in [0.3, 0.4) is 0 Å². The molecule has 0 fully saturated rings. The minimum Gasteiger partial charge on any atom is -0.508 e. The summed E-state index contributed by atoms with van der Waals surface area (Å²) in [5.41, 5.74) is 4.46. The van der Waals surface area contributed by atoms with Crippen molar-refractivity contribution in [2.45, 2.75) is 13.8 Å². The Morgan fingerprint density at radius 3 is 1.71 bits per heavy atom. The summed E-state index contributed by atoms with van der Waals surface area (Å²) in [6.45, 7) is 3.76. The number of phenolic OH excluding ortho intramolecular Hbond substituents is 1. The maximum atomic E-state index is 10.9. The van der Waals surface area contributed by atoms with Crippen molar-refractivity contribution in [2.75, 3.05) is 0 Å². The van der Waals surface area contributed by atoms with Crippen molar-refractivity contribution >= 4 is 38.0 Å². The fraction of sp³-hybridized carbons (Fsp3) is 0.125. The summed E-state index contributed by atoms with van der Waals surface area (Å²) in [6, 6.07) is 7.07. The molecule has 0 radical (unpaired) electrons. The van der Waals surface area contributed by atoms with Gasteiger partial charge in [-0.1, -0.05) is 15.9 Å². The smallest absolute Gasteiger partial charge is 0.323 e. The third kappa shape index (κ3) is 3.13. The number of aryl methyl sites for hydroxylation is 2. The van der Waals surface area contributed by atoms with Crippen LogP contribution in [0.5, 0.6) is 5.75 Å². The highest BCUT2D eigenvalue weighted by Gasteiger charge is 2.02. The summed E-state index contributed by atoms with van der Waals surface area (Å²) >= 11 is 3.39. The van der Waals surface area contributed by atoms with E-state index in [1.54, 1.807) is 13.0 Å². The van der Waals surface area contributed by atoms with Crippen LogP contribution in [0, 0.1) is 13.8 Å². The second-order valence-corrected chi connectivity index (χ2v) is 6.34. The van der Waals surface area contributed by atoms with E-state index in [0.717, 1.165) is 32.1 Å². The molecule has 0 spiro atoms. The maximum absolute atomic E-state index is 10.9. The molecule has 0 saturated heterocycles. The van der Waals surface area contributed by atoms with Crippen molar-refractivity contribution in [3.63, 3.8) is 0 Å². The predicted octanol–water partition coefficient (Wildman–Crippen LogP) is 2.80. The Hall–Kier alpha value is -2.74. The molecule has 7 nitrogen and oxygen atoms in total. The molecule has 4 aromatic rings. The average Bonchev–Trinajstić information content (AvgIpc) is 3.01. The monoisotopic (exact) mass is 390 g/mol. The molecule has 0 aliphatic carbocycles. The second kappa shape index (κ2) is 6.04. The maximum Gasteiger partial charge on any atom is 0.323 e. The molecule has 8 heteroatoms. The fourth-order valence-electron chi connectivity index (χ4n) is 2.34. The number of aromatic hydroxyl groups is 1. The lowest BCUT2D eigenvalue weighted by Crippen LogP contribution is -1.99. The molecule has 0 bridgehead atoms. The molecule has 0 saturated carbocycles. The first-order chi connectivity index (χ1) is 11.3. The van der Waals surface area contributed by atoms with Crippen LogP contribution >= 0.6 is 15.9 Å². The number of imidazole rings is 2. The molecule has 0 amide bonds. The number of phenols is 1. The average molecular weight is 391 g/mol. The van der Waals surface area contributed by atoms with Crippen molar-refractivity contribution in [2.24, 2.45) is 0 Å². The van der Waals surface area contributed by atoms with Crippen LogP contribution in [-0.4, -0.2) is 25.0 Å². The zero-order valence-electron chi connectivity index (χ0n) is 13.0. The number of halogens is 1. The third-order valence-corrected chi connectivity index (χ3v) is 4.48. The minimum atomic E-state index is -0.255. The topological polar surface area (TPSA) is 118 Å². The molecule has 2 aromatic heterocycles. The molecule has 0 unspecified atom stereocenters. The van der Waals surface area contributed by atoms with Crippen LogP contribution < -0.4 is 11.4 Å². The normalized spacial score (nSPS) is 10.8. The van der Waals surface area contributed by atoms with Gasteiger partial charge in [-0.05, 0) is 43.2 Å². The van der Waals surface area contributed by atoms with E-state index in [2.05, 4.69) is 35.9 Å². The zero-order chi connectivity index (χ0) is 17.4. The van der Waals surface area contributed by atoms with Crippen LogP contribution in [0.2, 0.25) is 0 Å². The summed E-state index contributed by atoms with van der Waals surface area (Å²) in [5.74, 6) is 0.192. The van der Waals surface area contributed by atoms with E-state index in [0.29, 0.717) is 5.52 Å². The molecule has 0 atom stereocenters. The molecular weight excluding hydrogens is 376 g/mol. The Kier molecular flexibility index (Phi) is 4.06. The van der Waals surface area contributed by atoms with Gasteiger partial charge in [-0.15, -0.1) is 0 Å². The highest BCUT2D eigenvalue weighted by molar-refractivity contribution is 9.10. The van der Waals surface area contributed by atoms with Crippen molar-refractivity contribution in [3.05, 3.63) is 60.8 Å². The van der Waals surface area contributed by atoms with Gasteiger partial charge in [0, 0.05) is 10.5 Å². The number of benzene rings is 2. The second-order valence-electron chi connectivity index (χ2n) is 5.49. The molecule has 2 aromatic carbocycles. The van der Waals surface area contributed by atoms with Gasteiger partial charge in [0.2, 0.25) is 0 Å². The van der Waals surface area contributed by atoms with Gasteiger partial charge in [-0.25, -0.2) is 9.59 Å². The van der Waals surface area contributed by atoms with E-state index < -0.39 is 0 Å². The lowest BCUT2D eigenvalue weighted by Gasteiger charge is -1.96. The summed E-state index contributed by atoms with van der Waals surface area (Å²) < 4.78 is 1.00. The van der Waals surface area contributed by atoms with E-state index in [-0.39, 0.29) is 17.1 Å². The van der Waals surface area contributed by atoms with Gasteiger partial charge < -0.3 is 25.0 Å². The van der Waals surface area contributed by atoms with Gasteiger partial charge in [0.1, 0.15) is 5.75 Å². The van der Waals surface area contributed by atoms with Crippen molar-refractivity contribution in [1.29, 1.82) is 0 Å². The molecule has 0 aliphatic rings. The van der Waals surface area contributed by atoms with Crippen molar-refractivity contribution < 1.29 is 5.11 Å². The quantitative estimate of drug-likeness (QED) is 0.317. The predicted molar refractivity (Wildman–Crippen MR) is 96.7 cm³/mol. The number of rotatable bonds is 0. The number of H-pyrrole nitrogens is 4. The van der Waals surface area contributed by atoms with Gasteiger partial charge in [-0.2, -0.15) is 0 Å². The number of aromatic nitrogens is 4. The standard InChI is InChI=1S/C8H7BrN2O.C8H8N2O2/c1-4-2-6-7(3-5(4)9)11-8(12)10-6;1-4-2-5-6(3-7(4)11)10-8(12)9-5/h2-3H,1H3,(H2,10,11,12);2-3,11H,1H3,(H2,9,10,12). The Balaban J connectivity index is 0.000000141. The van der Waals surface area contributed by atoms with E-state index in [9.17, 15) is 14.7 Å². The van der Waals surface area contributed by atoms with Gasteiger partial charge in [0.15, 0.2) is 0 Å². The lowest BCUT2D eigenvalue weighted by molar-refractivity contribution is 0.472. The lowest BCUT2D eigenvalue weighted by atomic mass is 10.2. The van der Waals surface area contributed by atoms with Crippen LogP contribution in [0.15, 0.2) is 38.3 Å². The van der Waals surface area contributed by atoms with Crippen LogP contribution in [0.25, 0.3) is 22.1 Å². The van der Waals surface area contributed by atoms with Crippen LogP contribution in [0.4, 0.5) is 0 Å². The number of hydrogen-bond acceptors (Lipinski definition) is 3. The summed E-state index contributed by atoms with van der Waals surface area (Å²) in [6.07, 6.45) is 0.